The molecule has 0 aliphatic heterocycles. The Labute approximate surface area is 98.2 Å². The highest BCUT2D eigenvalue weighted by atomic mass is 16.1. The summed E-state index contributed by atoms with van der Waals surface area (Å²) in [5.41, 5.74) is 1.90. The molecule has 0 fully saturated rings. The molecule has 0 saturated carbocycles. The van der Waals surface area contributed by atoms with E-state index in [4.69, 9.17) is 0 Å². The fraction of sp³-hybridized carbons (Fsp3) is 0.400. The van der Waals surface area contributed by atoms with Gasteiger partial charge in [-0.3, -0.25) is 4.79 Å². The average Bonchev–Trinajstić information content (AvgIpc) is 2.34. The van der Waals surface area contributed by atoms with Crippen molar-refractivity contribution >= 4 is 12.4 Å². The third-order valence-electron chi connectivity index (χ3n) is 2.61. The zero-order valence-electron chi connectivity index (χ0n) is 9.99. The van der Waals surface area contributed by atoms with Gasteiger partial charge in [0.05, 0.1) is 0 Å². The molecule has 86 valence electrons. The number of hydrogen-bond donors (Lipinski definition) is 0. The first-order valence-corrected chi connectivity index (χ1v) is 6.08. The zero-order chi connectivity index (χ0) is 11.6. The van der Waals surface area contributed by atoms with Crippen molar-refractivity contribution in [1.82, 2.24) is 0 Å². The summed E-state index contributed by atoms with van der Waals surface area (Å²) in [4.78, 5) is 10.5. The first kappa shape index (κ1) is 12.7. The third kappa shape index (κ3) is 4.92. The van der Waals surface area contributed by atoms with Gasteiger partial charge in [-0.25, -0.2) is 0 Å². The van der Waals surface area contributed by atoms with E-state index in [1.54, 1.807) is 0 Å². The second kappa shape index (κ2) is 7.86. The maximum absolute atomic E-state index is 10.5. The van der Waals surface area contributed by atoms with E-state index in [0.717, 1.165) is 18.3 Å². The van der Waals surface area contributed by atoms with E-state index in [2.05, 4.69) is 19.1 Å². The Bertz CT molecular complexity index is 322. The van der Waals surface area contributed by atoms with Crippen LogP contribution in [-0.4, -0.2) is 6.29 Å². The SMILES string of the molecule is CCCCCCC=Cc1ccc(C=O)cc1. The van der Waals surface area contributed by atoms with Crippen LogP contribution < -0.4 is 0 Å². The summed E-state index contributed by atoms with van der Waals surface area (Å²) in [5.74, 6) is 0. The molecular formula is C15H20O. The van der Waals surface area contributed by atoms with Gasteiger partial charge in [-0.2, -0.15) is 0 Å². The normalized spacial score (nSPS) is 10.8. The van der Waals surface area contributed by atoms with Crippen molar-refractivity contribution < 1.29 is 4.79 Å². The molecule has 0 saturated heterocycles. The number of carbonyl (C=O) groups excluding carboxylic acids is 1. The molecule has 1 aromatic carbocycles. The van der Waals surface area contributed by atoms with Gasteiger partial charge in [0.25, 0.3) is 0 Å². The fourth-order valence-electron chi connectivity index (χ4n) is 1.59. The molecule has 16 heavy (non-hydrogen) atoms. The molecule has 0 amide bonds. The number of aldehydes is 1. The third-order valence-corrected chi connectivity index (χ3v) is 2.61. The minimum Gasteiger partial charge on any atom is -0.298 e. The molecule has 0 radical (unpaired) electrons. The number of hydrogen-bond acceptors (Lipinski definition) is 1. The van der Waals surface area contributed by atoms with Crippen molar-refractivity contribution in [2.24, 2.45) is 0 Å². The van der Waals surface area contributed by atoms with Gasteiger partial charge >= 0.3 is 0 Å². The predicted octanol–water partition coefficient (Wildman–Crippen LogP) is 4.48. The number of rotatable bonds is 7. The molecule has 1 nitrogen and oxygen atoms in total. The molecule has 0 unspecified atom stereocenters. The minimum atomic E-state index is 0.736. The summed E-state index contributed by atoms with van der Waals surface area (Å²) in [6, 6.07) is 7.66. The predicted molar refractivity (Wildman–Crippen MR) is 69.6 cm³/mol. The monoisotopic (exact) mass is 216 g/mol. The molecule has 1 heteroatoms. The molecule has 1 aromatic rings. The van der Waals surface area contributed by atoms with Crippen LogP contribution in [0.2, 0.25) is 0 Å². The topological polar surface area (TPSA) is 17.1 Å². The summed E-state index contributed by atoms with van der Waals surface area (Å²) < 4.78 is 0. The highest BCUT2D eigenvalue weighted by molar-refractivity contribution is 5.75. The van der Waals surface area contributed by atoms with Crippen molar-refractivity contribution in [2.45, 2.75) is 39.0 Å². The van der Waals surface area contributed by atoms with Crippen LogP contribution in [0.4, 0.5) is 0 Å². The van der Waals surface area contributed by atoms with Crippen LogP contribution in [-0.2, 0) is 0 Å². The Morgan fingerprint density at radius 2 is 1.69 bits per heavy atom. The number of carbonyl (C=O) groups is 1. The summed E-state index contributed by atoms with van der Waals surface area (Å²) in [6.45, 7) is 2.23. The first-order valence-electron chi connectivity index (χ1n) is 6.08. The molecule has 0 N–H and O–H groups in total. The summed E-state index contributed by atoms with van der Waals surface area (Å²) >= 11 is 0. The quantitative estimate of drug-likeness (QED) is 0.485. The molecule has 0 heterocycles. The van der Waals surface area contributed by atoms with Gasteiger partial charge in [-0.05, 0) is 18.4 Å². The average molecular weight is 216 g/mol. The summed E-state index contributed by atoms with van der Waals surface area (Å²) in [7, 11) is 0. The standard InChI is InChI=1S/C15H20O/c1-2-3-4-5-6-7-8-14-9-11-15(13-16)12-10-14/h7-13H,2-6H2,1H3. The second-order valence-corrected chi connectivity index (χ2v) is 4.04. The minimum absolute atomic E-state index is 0.736. The number of benzene rings is 1. The molecule has 0 aliphatic rings. The van der Waals surface area contributed by atoms with Crippen molar-refractivity contribution in [3.63, 3.8) is 0 Å². The molecule has 1 rings (SSSR count). The first-order chi connectivity index (χ1) is 7.86. The maximum atomic E-state index is 10.5. The zero-order valence-corrected chi connectivity index (χ0v) is 9.99. The van der Waals surface area contributed by atoms with E-state index in [0.29, 0.717) is 0 Å². The van der Waals surface area contributed by atoms with E-state index in [9.17, 15) is 4.79 Å². The fourth-order valence-corrected chi connectivity index (χ4v) is 1.59. The molecule has 0 bridgehead atoms. The van der Waals surface area contributed by atoms with Crippen molar-refractivity contribution in [3.8, 4) is 0 Å². The van der Waals surface area contributed by atoms with Crippen LogP contribution in [0.5, 0.6) is 0 Å². The van der Waals surface area contributed by atoms with E-state index < -0.39 is 0 Å². The Morgan fingerprint density at radius 3 is 2.31 bits per heavy atom. The van der Waals surface area contributed by atoms with Crippen molar-refractivity contribution in [2.75, 3.05) is 0 Å². The van der Waals surface area contributed by atoms with Crippen LogP contribution in [0, 0.1) is 0 Å². The highest BCUT2D eigenvalue weighted by Crippen LogP contribution is 2.07. The van der Waals surface area contributed by atoms with Gasteiger partial charge in [0.15, 0.2) is 0 Å². The van der Waals surface area contributed by atoms with Crippen LogP contribution in [0.25, 0.3) is 6.08 Å². The lowest BCUT2D eigenvalue weighted by Crippen LogP contribution is -1.79. The summed E-state index contributed by atoms with van der Waals surface area (Å²) in [6.07, 6.45) is 11.6. The van der Waals surface area contributed by atoms with Gasteiger partial charge in [0, 0.05) is 5.56 Å². The van der Waals surface area contributed by atoms with Gasteiger partial charge in [-0.15, -0.1) is 0 Å². The Balaban J connectivity index is 2.29. The summed E-state index contributed by atoms with van der Waals surface area (Å²) in [5, 5.41) is 0. The number of unbranched alkanes of at least 4 members (excludes halogenated alkanes) is 4. The van der Waals surface area contributed by atoms with E-state index >= 15 is 0 Å². The molecular weight excluding hydrogens is 196 g/mol. The highest BCUT2D eigenvalue weighted by Gasteiger charge is 1.89. The Morgan fingerprint density at radius 1 is 1.00 bits per heavy atom. The van der Waals surface area contributed by atoms with Gasteiger partial charge in [0.2, 0.25) is 0 Å². The molecule has 0 aromatic heterocycles. The van der Waals surface area contributed by atoms with E-state index in [1.165, 1.54) is 31.2 Å². The van der Waals surface area contributed by atoms with E-state index in [1.807, 2.05) is 24.3 Å². The lowest BCUT2D eigenvalue weighted by Gasteiger charge is -1.95. The smallest absolute Gasteiger partial charge is 0.150 e. The van der Waals surface area contributed by atoms with Gasteiger partial charge in [0.1, 0.15) is 6.29 Å². The molecule has 0 spiro atoms. The van der Waals surface area contributed by atoms with Gasteiger partial charge in [-0.1, -0.05) is 62.6 Å². The largest absolute Gasteiger partial charge is 0.298 e. The number of allylic oxidation sites excluding steroid dienone is 1. The van der Waals surface area contributed by atoms with Crippen molar-refractivity contribution in [3.05, 3.63) is 41.5 Å². The molecule has 0 atom stereocenters. The van der Waals surface area contributed by atoms with Gasteiger partial charge < -0.3 is 0 Å². The Kier molecular flexibility index (Phi) is 6.24. The van der Waals surface area contributed by atoms with Crippen molar-refractivity contribution in [1.29, 1.82) is 0 Å². The second-order valence-electron chi connectivity index (χ2n) is 4.04. The van der Waals surface area contributed by atoms with Crippen LogP contribution in [0.3, 0.4) is 0 Å². The maximum Gasteiger partial charge on any atom is 0.150 e. The van der Waals surface area contributed by atoms with E-state index in [-0.39, 0.29) is 0 Å². The van der Waals surface area contributed by atoms with Crippen LogP contribution in [0.15, 0.2) is 30.3 Å². The lowest BCUT2D eigenvalue weighted by molar-refractivity contribution is 0.112. The lowest BCUT2D eigenvalue weighted by atomic mass is 10.1. The Hall–Kier alpha value is -1.37. The molecule has 0 aliphatic carbocycles. The van der Waals surface area contributed by atoms with Crippen LogP contribution in [0.1, 0.15) is 54.9 Å². The van der Waals surface area contributed by atoms with Crippen LogP contribution >= 0.6 is 0 Å².